The summed E-state index contributed by atoms with van der Waals surface area (Å²) in [7, 11) is 0. The number of rotatable bonds is 5. The maximum absolute atomic E-state index is 11.4. The van der Waals surface area contributed by atoms with Gasteiger partial charge in [-0.3, -0.25) is 9.59 Å². The molecule has 1 rings (SSSR count). The maximum Gasteiger partial charge on any atom is 0.322 e. The third-order valence-electron chi connectivity index (χ3n) is 2.64. The molecule has 0 aromatic heterocycles. The molecule has 2 unspecified atom stereocenters. The molecule has 1 amide bonds. The Morgan fingerprint density at radius 2 is 2.06 bits per heavy atom. The fraction of sp³-hybridized carbons (Fsp3) is 0.800. The summed E-state index contributed by atoms with van der Waals surface area (Å²) in [5, 5.41) is 38.5. The lowest BCUT2D eigenvalue weighted by atomic mass is 9.97. The molecular weight excluding hydrogens is 246 g/mol. The summed E-state index contributed by atoms with van der Waals surface area (Å²) in [6.45, 7) is -0.925. The van der Waals surface area contributed by atoms with Gasteiger partial charge in [0.2, 0.25) is 0 Å². The quantitative estimate of drug-likeness (QED) is 0.368. The van der Waals surface area contributed by atoms with Crippen LogP contribution in [0.2, 0.25) is 0 Å². The molecule has 1 aliphatic rings. The highest BCUT2D eigenvalue weighted by molar-refractivity contribution is 5.84. The first-order valence-electron chi connectivity index (χ1n) is 5.56. The van der Waals surface area contributed by atoms with Crippen LogP contribution < -0.4 is 5.32 Å². The van der Waals surface area contributed by atoms with E-state index in [2.05, 4.69) is 0 Å². The van der Waals surface area contributed by atoms with E-state index in [4.69, 9.17) is 14.9 Å². The molecule has 4 atom stereocenters. The lowest BCUT2D eigenvalue weighted by molar-refractivity contribution is -0.164. The zero-order chi connectivity index (χ0) is 13.7. The van der Waals surface area contributed by atoms with Crippen molar-refractivity contribution < 1.29 is 34.8 Å². The van der Waals surface area contributed by atoms with Crippen LogP contribution in [0.4, 0.5) is 0 Å². The number of nitrogens with one attached hydrogen (secondary N) is 1. The molecular formula is C10H17NO7. The summed E-state index contributed by atoms with van der Waals surface area (Å²) < 4.78 is 5.23. The van der Waals surface area contributed by atoms with Gasteiger partial charge in [-0.25, -0.2) is 0 Å². The van der Waals surface area contributed by atoms with Crippen LogP contribution in [-0.2, 0) is 14.3 Å². The molecule has 18 heavy (non-hydrogen) atoms. The van der Waals surface area contributed by atoms with Crippen molar-refractivity contribution in [3.63, 3.8) is 0 Å². The Morgan fingerprint density at radius 3 is 2.61 bits per heavy atom. The van der Waals surface area contributed by atoms with E-state index in [-0.39, 0.29) is 19.4 Å². The summed E-state index contributed by atoms with van der Waals surface area (Å²) in [5.74, 6) is -2.11. The Bertz CT molecular complexity index is 309. The minimum Gasteiger partial charge on any atom is -0.480 e. The van der Waals surface area contributed by atoms with E-state index >= 15 is 0 Å². The van der Waals surface area contributed by atoms with Crippen molar-refractivity contribution in [1.82, 2.24) is 5.32 Å². The number of aliphatic hydroxyl groups excluding tert-OH is 3. The molecule has 0 aromatic carbocycles. The average Bonchev–Trinajstić information content (AvgIpc) is 2.34. The molecule has 0 radical (unpaired) electrons. The van der Waals surface area contributed by atoms with Crippen LogP contribution in [0.25, 0.3) is 0 Å². The van der Waals surface area contributed by atoms with Gasteiger partial charge in [0, 0.05) is 12.8 Å². The van der Waals surface area contributed by atoms with E-state index in [1.165, 1.54) is 0 Å². The standard InChI is InChI=1S/C10H17NO7/c12-4-6-1-5(13)2-7(18-6)9(16)10(17)11-3-8(14)15/h5-7,9,12-13,16H,1-4H2,(H,11,17)(H,14,15)/t5-,6-,7?,9?/m0/s1. The lowest BCUT2D eigenvalue weighted by Gasteiger charge is -2.34. The SMILES string of the molecule is O=C(O)CNC(=O)C(O)C1C[C@@H](O)C[C@@H](CO)O1. The highest BCUT2D eigenvalue weighted by Gasteiger charge is 2.35. The van der Waals surface area contributed by atoms with Gasteiger partial charge in [0.1, 0.15) is 6.54 Å². The van der Waals surface area contributed by atoms with Crippen molar-refractivity contribution in [2.75, 3.05) is 13.2 Å². The number of carboxylic acid groups (broad SMARTS) is 1. The normalized spacial score (nSPS) is 29.6. The molecule has 1 heterocycles. The number of carboxylic acids is 1. The molecule has 8 nitrogen and oxygen atoms in total. The van der Waals surface area contributed by atoms with Crippen molar-refractivity contribution >= 4 is 11.9 Å². The smallest absolute Gasteiger partial charge is 0.322 e. The number of amides is 1. The molecule has 1 aliphatic heterocycles. The van der Waals surface area contributed by atoms with E-state index in [9.17, 15) is 19.8 Å². The number of carbonyl (C=O) groups excluding carboxylic acids is 1. The highest BCUT2D eigenvalue weighted by Crippen LogP contribution is 2.21. The number of hydrogen-bond donors (Lipinski definition) is 5. The molecule has 0 aromatic rings. The Labute approximate surface area is 103 Å². The minimum atomic E-state index is -1.58. The first-order chi connectivity index (χ1) is 8.43. The van der Waals surface area contributed by atoms with Gasteiger partial charge in [0.05, 0.1) is 24.9 Å². The van der Waals surface area contributed by atoms with Crippen LogP contribution in [-0.4, -0.2) is 69.9 Å². The van der Waals surface area contributed by atoms with Crippen molar-refractivity contribution in [3.05, 3.63) is 0 Å². The van der Waals surface area contributed by atoms with Crippen LogP contribution in [0.3, 0.4) is 0 Å². The van der Waals surface area contributed by atoms with E-state index in [1.54, 1.807) is 0 Å². The third-order valence-corrected chi connectivity index (χ3v) is 2.64. The van der Waals surface area contributed by atoms with Crippen molar-refractivity contribution in [3.8, 4) is 0 Å². The Morgan fingerprint density at radius 1 is 1.39 bits per heavy atom. The molecule has 0 bridgehead atoms. The van der Waals surface area contributed by atoms with E-state index < -0.39 is 42.8 Å². The predicted octanol–water partition coefficient (Wildman–Crippen LogP) is -2.55. The first kappa shape index (κ1) is 14.8. The average molecular weight is 263 g/mol. The number of carbonyl (C=O) groups is 2. The van der Waals surface area contributed by atoms with E-state index in [0.29, 0.717) is 0 Å². The molecule has 104 valence electrons. The van der Waals surface area contributed by atoms with Crippen LogP contribution in [0.1, 0.15) is 12.8 Å². The highest BCUT2D eigenvalue weighted by atomic mass is 16.5. The van der Waals surface area contributed by atoms with Crippen LogP contribution in [0, 0.1) is 0 Å². The summed E-state index contributed by atoms with van der Waals surface area (Å²) in [5.41, 5.74) is 0. The number of hydrogen-bond acceptors (Lipinski definition) is 6. The van der Waals surface area contributed by atoms with Gasteiger partial charge in [0.15, 0.2) is 6.10 Å². The molecule has 8 heteroatoms. The zero-order valence-electron chi connectivity index (χ0n) is 9.65. The Hall–Kier alpha value is -1.22. The molecule has 0 aliphatic carbocycles. The van der Waals surface area contributed by atoms with Gasteiger partial charge in [0.25, 0.3) is 5.91 Å². The Balaban J connectivity index is 2.51. The molecule has 5 N–H and O–H groups in total. The molecule has 0 spiro atoms. The van der Waals surface area contributed by atoms with Crippen molar-refractivity contribution in [1.29, 1.82) is 0 Å². The van der Waals surface area contributed by atoms with Gasteiger partial charge in [-0.05, 0) is 0 Å². The number of ether oxygens (including phenoxy) is 1. The zero-order valence-corrected chi connectivity index (χ0v) is 9.65. The number of aliphatic hydroxyl groups is 3. The monoisotopic (exact) mass is 263 g/mol. The topological polar surface area (TPSA) is 136 Å². The van der Waals surface area contributed by atoms with Crippen LogP contribution in [0.5, 0.6) is 0 Å². The van der Waals surface area contributed by atoms with Gasteiger partial charge < -0.3 is 30.5 Å². The molecule has 0 saturated carbocycles. The fourth-order valence-corrected chi connectivity index (χ4v) is 1.78. The molecule has 1 fully saturated rings. The third kappa shape index (κ3) is 4.22. The second-order valence-electron chi connectivity index (χ2n) is 4.16. The second-order valence-corrected chi connectivity index (χ2v) is 4.16. The fourth-order valence-electron chi connectivity index (χ4n) is 1.78. The summed E-state index contributed by atoms with van der Waals surface area (Å²) >= 11 is 0. The van der Waals surface area contributed by atoms with Crippen molar-refractivity contribution in [2.45, 2.75) is 37.3 Å². The molecule has 1 saturated heterocycles. The van der Waals surface area contributed by atoms with Gasteiger partial charge in [-0.15, -0.1) is 0 Å². The van der Waals surface area contributed by atoms with E-state index in [0.717, 1.165) is 0 Å². The van der Waals surface area contributed by atoms with Gasteiger partial charge in [-0.2, -0.15) is 0 Å². The van der Waals surface area contributed by atoms with E-state index in [1.807, 2.05) is 5.32 Å². The lowest BCUT2D eigenvalue weighted by Crippen LogP contribution is -2.50. The minimum absolute atomic E-state index is 0.0537. The largest absolute Gasteiger partial charge is 0.480 e. The van der Waals surface area contributed by atoms with Crippen LogP contribution in [0.15, 0.2) is 0 Å². The summed E-state index contributed by atoms with van der Waals surface area (Å²) in [6.07, 6.45) is -3.66. The Kier molecular flexibility index (Phi) is 5.48. The van der Waals surface area contributed by atoms with Gasteiger partial charge >= 0.3 is 5.97 Å². The predicted molar refractivity (Wildman–Crippen MR) is 57.6 cm³/mol. The van der Waals surface area contributed by atoms with Gasteiger partial charge in [-0.1, -0.05) is 0 Å². The summed E-state index contributed by atoms with van der Waals surface area (Å²) in [6, 6.07) is 0. The van der Waals surface area contributed by atoms with Crippen molar-refractivity contribution in [2.24, 2.45) is 0 Å². The summed E-state index contributed by atoms with van der Waals surface area (Å²) in [4.78, 5) is 21.7. The first-order valence-corrected chi connectivity index (χ1v) is 5.56. The second kappa shape index (κ2) is 6.64. The number of aliphatic carboxylic acids is 1. The maximum atomic E-state index is 11.4. The van der Waals surface area contributed by atoms with Crippen LogP contribution >= 0.6 is 0 Å².